The molecule has 2 N–H and O–H groups in total. The maximum atomic E-state index is 12.6. The molecule has 0 atom stereocenters. The Labute approximate surface area is 176 Å². The molecule has 0 bridgehead atoms. The molecule has 0 aliphatic carbocycles. The number of carboxylic acid groups (broad SMARTS) is 1. The predicted molar refractivity (Wildman–Crippen MR) is 117 cm³/mol. The van der Waals surface area contributed by atoms with Crippen molar-refractivity contribution >= 4 is 21.7 Å². The highest BCUT2D eigenvalue weighted by atomic mass is 32.2. The van der Waals surface area contributed by atoms with Crippen LogP contribution in [0, 0.1) is 6.92 Å². The molecule has 0 fully saturated rings. The summed E-state index contributed by atoms with van der Waals surface area (Å²) >= 11 is 0. The molecular formula is C23H23NO5S. The fraction of sp³-hybridized carbons (Fsp3) is 0.174. The first-order valence-electron chi connectivity index (χ1n) is 9.50. The number of aromatic carboxylic acids is 1. The number of anilines is 1. The minimum absolute atomic E-state index is 0.0420. The number of rotatable bonds is 8. The van der Waals surface area contributed by atoms with E-state index in [-0.39, 0.29) is 10.5 Å². The number of hydrogen-bond donors (Lipinski definition) is 2. The van der Waals surface area contributed by atoms with Crippen LogP contribution in [0.25, 0.3) is 11.1 Å². The highest BCUT2D eigenvalue weighted by molar-refractivity contribution is 7.92. The maximum Gasteiger partial charge on any atom is 0.335 e. The van der Waals surface area contributed by atoms with Gasteiger partial charge in [0.1, 0.15) is 5.75 Å². The molecule has 0 aliphatic rings. The summed E-state index contributed by atoms with van der Waals surface area (Å²) in [5, 5.41) is 9.22. The normalized spacial score (nSPS) is 11.1. The molecule has 3 aromatic rings. The first-order valence-corrected chi connectivity index (χ1v) is 11.0. The van der Waals surface area contributed by atoms with Crippen LogP contribution >= 0.6 is 0 Å². The fourth-order valence-corrected chi connectivity index (χ4v) is 3.99. The summed E-state index contributed by atoms with van der Waals surface area (Å²) in [6, 6.07) is 18.7. The number of benzene rings is 3. The van der Waals surface area contributed by atoms with E-state index in [0.29, 0.717) is 17.9 Å². The van der Waals surface area contributed by atoms with Crippen LogP contribution in [0.4, 0.5) is 5.69 Å². The Morgan fingerprint density at radius 1 is 0.967 bits per heavy atom. The second kappa shape index (κ2) is 9.00. The summed E-state index contributed by atoms with van der Waals surface area (Å²) in [5.74, 6) is -0.358. The largest absolute Gasteiger partial charge is 0.494 e. The Bertz CT molecular complexity index is 1140. The van der Waals surface area contributed by atoms with Gasteiger partial charge in [0.05, 0.1) is 17.1 Å². The van der Waals surface area contributed by atoms with Crippen molar-refractivity contribution in [3.05, 3.63) is 77.9 Å². The number of carbonyl (C=O) groups is 1. The van der Waals surface area contributed by atoms with Gasteiger partial charge in [-0.3, -0.25) is 4.72 Å². The molecule has 7 heteroatoms. The van der Waals surface area contributed by atoms with Crippen LogP contribution in [-0.2, 0) is 10.0 Å². The lowest BCUT2D eigenvalue weighted by Crippen LogP contribution is -2.14. The van der Waals surface area contributed by atoms with Gasteiger partial charge >= 0.3 is 5.97 Å². The molecule has 3 aromatic carbocycles. The molecule has 0 saturated carbocycles. The van der Waals surface area contributed by atoms with Crippen LogP contribution in [0.1, 0.15) is 29.3 Å². The molecule has 0 amide bonds. The number of sulfonamides is 1. The van der Waals surface area contributed by atoms with E-state index in [1.807, 2.05) is 43.3 Å². The van der Waals surface area contributed by atoms with E-state index in [9.17, 15) is 18.3 Å². The molecule has 30 heavy (non-hydrogen) atoms. The Hall–Kier alpha value is -3.32. The van der Waals surface area contributed by atoms with Crippen molar-refractivity contribution in [1.29, 1.82) is 0 Å². The molecular weight excluding hydrogens is 402 g/mol. The first kappa shape index (κ1) is 21.4. The van der Waals surface area contributed by atoms with Gasteiger partial charge in [0.15, 0.2) is 0 Å². The van der Waals surface area contributed by atoms with E-state index in [0.717, 1.165) is 29.4 Å². The van der Waals surface area contributed by atoms with Gasteiger partial charge in [-0.1, -0.05) is 37.3 Å². The van der Waals surface area contributed by atoms with Crippen LogP contribution in [0.3, 0.4) is 0 Å². The van der Waals surface area contributed by atoms with Gasteiger partial charge in [0.25, 0.3) is 10.0 Å². The topological polar surface area (TPSA) is 92.7 Å². The van der Waals surface area contributed by atoms with Gasteiger partial charge in [-0.25, -0.2) is 13.2 Å². The Balaban J connectivity index is 1.76. The SMILES string of the molecule is CCCOc1ccc(-c2ccc(NS(=O)(=O)c3ccc(C)c(C(=O)O)c3)cc2)cc1. The lowest BCUT2D eigenvalue weighted by Gasteiger charge is -2.11. The molecule has 0 aromatic heterocycles. The molecule has 0 heterocycles. The molecule has 156 valence electrons. The second-order valence-electron chi connectivity index (χ2n) is 6.84. The minimum atomic E-state index is -3.91. The number of aryl methyl sites for hydroxylation is 1. The van der Waals surface area contributed by atoms with E-state index in [4.69, 9.17) is 4.74 Å². The zero-order valence-electron chi connectivity index (χ0n) is 16.8. The van der Waals surface area contributed by atoms with Crippen molar-refractivity contribution in [1.82, 2.24) is 0 Å². The number of hydrogen-bond acceptors (Lipinski definition) is 4. The third kappa shape index (κ3) is 4.99. The average Bonchev–Trinajstić information content (AvgIpc) is 2.73. The Morgan fingerprint density at radius 3 is 2.13 bits per heavy atom. The molecule has 0 aliphatic heterocycles. The van der Waals surface area contributed by atoms with E-state index in [1.54, 1.807) is 19.1 Å². The van der Waals surface area contributed by atoms with Crippen molar-refractivity contribution in [3.63, 3.8) is 0 Å². The summed E-state index contributed by atoms with van der Waals surface area (Å²) in [4.78, 5) is 11.2. The van der Waals surface area contributed by atoms with Crippen molar-refractivity contribution < 1.29 is 23.1 Å². The molecule has 6 nitrogen and oxygen atoms in total. The Kier molecular flexibility index (Phi) is 6.42. The fourth-order valence-electron chi connectivity index (χ4n) is 2.91. The summed E-state index contributed by atoms with van der Waals surface area (Å²) in [6.07, 6.45) is 0.944. The van der Waals surface area contributed by atoms with Crippen molar-refractivity contribution in [2.24, 2.45) is 0 Å². The van der Waals surface area contributed by atoms with E-state index in [1.165, 1.54) is 12.1 Å². The van der Waals surface area contributed by atoms with Crippen LogP contribution in [0.5, 0.6) is 5.75 Å². The third-order valence-corrected chi connectivity index (χ3v) is 5.93. The molecule has 0 radical (unpaired) electrons. The third-order valence-electron chi connectivity index (χ3n) is 4.55. The van der Waals surface area contributed by atoms with Gasteiger partial charge < -0.3 is 9.84 Å². The Morgan fingerprint density at radius 2 is 1.57 bits per heavy atom. The highest BCUT2D eigenvalue weighted by Crippen LogP contribution is 2.25. The second-order valence-corrected chi connectivity index (χ2v) is 8.52. The monoisotopic (exact) mass is 425 g/mol. The van der Waals surface area contributed by atoms with Gasteiger partial charge in [-0.2, -0.15) is 0 Å². The lowest BCUT2D eigenvalue weighted by molar-refractivity contribution is 0.0696. The van der Waals surface area contributed by atoms with Crippen molar-refractivity contribution in [2.45, 2.75) is 25.2 Å². The van der Waals surface area contributed by atoms with Gasteiger partial charge in [0.2, 0.25) is 0 Å². The lowest BCUT2D eigenvalue weighted by atomic mass is 10.1. The summed E-state index contributed by atoms with van der Waals surface area (Å²) in [5.41, 5.74) is 2.76. The number of carboxylic acids is 1. The zero-order chi connectivity index (χ0) is 21.7. The van der Waals surface area contributed by atoms with Gasteiger partial charge in [-0.15, -0.1) is 0 Å². The standard InChI is InChI=1S/C23H23NO5S/c1-3-14-29-20-11-7-18(8-12-20)17-5-9-19(10-6-17)24-30(27,28)21-13-4-16(2)22(15-21)23(25)26/h4-13,15,24H,3,14H2,1-2H3,(H,25,26). The van der Waals surface area contributed by atoms with Crippen molar-refractivity contribution in [3.8, 4) is 16.9 Å². The summed E-state index contributed by atoms with van der Waals surface area (Å²) < 4.78 is 33.4. The maximum absolute atomic E-state index is 12.6. The molecule has 3 rings (SSSR count). The quantitative estimate of drug-likeness (QED) is 0.533. The van der Waals surface area contributed by atoms with E-state index < -0.39 is 16.0 Å². The van der Waals surface area contributed by atoms with E-state index in [2.05, 4.69) is 4.72 Å². The number of nitrogens with one attached hydrogen (secondary N) is 1. The summed E-state index contributed by atoms with van der Waals surface area (Å²) in [6.45, 7) is 4.34. The van der Waals surface area contributed by atoms with Crippen LogP contribution in [-0.4, -0.2) is 26.1 Å². The van der Waals surface area contributed by atoms with Crippen molar-refractivity contribution in [2.75, 3.05) is 11.3 Å². The van der Waals surface area contributed by atoms with Gasteiger partial charge in [0, 0.05) is 5.69 Å². The minimum Gasteiger partial charge on any atom is -0.494 e. The molecule has 0 unspecified atom stereocenters. The number of ether oxygens (including phenoxy) is 1. The average molecular weight is 426 g/mol. The van der Waals surface area contributed by atoms with Crippen LogP contribution in [0.2, 0.25) is 0 Å². The van der Waals surface area contributed by atoms with E-state index >= 15 is 0 Å². The smallest absolute Gasteiger partial charge is 0.335 e. The molecule has 0 saturated heterocycles. The van der Waals surface area contributed by atoms with Crippen LogP contribution in [0.15, 0.2) is 71.6 Å². The zero-order valence-corrected chi connectivity index (χ0v) is 17.6. The molecule has 0 spiro atoms. The first-order chi connectivity index (χ1) is 14.3. The van der Waals surface area contributed by atoms with Gasteiger partial charge in [-0.05, 0) is 66.4 Å². The van der Waals surface area contributed by atoms with Crippen LogP contribution < -0.4 is 9.46 Å². The highest BCUT2D eigenvalue weighted by Gasteiger charge is 2.18. The summed E-state index contributed by atoms with van der Waals surface area (Å²) in [7, 11) is -3.91. The predicted octanol–water partition coefficient (Wildman–Crippen LogP) is 4.95.